The first kappa shape index (κ1) is 10.8. The molecule has 0 bridgehead atoms. The van der Waals surface area contributed by atoms with Crippen molar-refractivity contribution in [3.8, 4) is 0 Å². The predicted octanol–water partition coefficient (Wildman–Crippen LogP) is 3.96. The van der Waals surface area contributed by atoms with E-state index in [2.05, 4.69) is 59.2 Å². The lowest BCUT2D eigenvalue weighted by Gasteiger charge is -2.07. The summed E-state index contributed by atoms with van der Waals surface area (Å²) in [5, 5.41) is 0. The number of aromatic nitrogens is 2. The number of hydrogen-bond acceptors (Lipinski definition) is 1. The molecule has 1 aliphatic rings. The highest BCUT2D eigenvalue weighted by atomic mass is 15.1. The van der Waals surface area contributed by atoms with Gasteiger partial charge < -0.3 is 4.57 Å². The maximum absolute atomic E-state index is 4.83. The van der Waals surface area contributed by atoms with Gasteiger partial charge >= 0.3 is 0 Å². The van der Waals surface area contributed by atoms with E-state index < -0.39 is 0 Å². The van der Waals surface area contributed by atoms with E-state index in [0.717, 1.165) is 11.9 Å². The molecule has 0 spiro atoms. The smallest absolute Gasteiger partial charge is 0.114 e. The Bertz CT molecular complexity index is 708. The molecule has 19 heavy (non-hydrogen) atoms. The molecule has 1 aliphatic carbocycles. The van der Waals surface area contributed by atoms with Crippen molar-refractivity contribution in [2.45, 2.75) is 25.3 Å². The summed E-state index contributed by atoms with van der Waals surface area (Å²) >= 11 is 0. The number of imidazole rings is 1. The summed E-state index contributed by atoms with van der Waals surface area (Å²) in [5.74, 6) is 1.20. The standard InChI is InChI=1S/C17H16N2/c1-2-6-13(7-3-1)12-17-18-15-8-4-5-9-16(15)19(17)14-10-11-14/h1-9,14H,10-12H2. The summed E-state index contributed by atoms with van der Waals surface area (Å²) in [6, 6.07) is 19.8. The van der Waals surface area contributed by atoms with Crippen molar-refractivity contribution in [1.82, 2.24) is 9.55 Å². The minimum Gasteiger partial charge on any atom is -0.325 e. The summed E-state index contributed by atoms with van der Waals surface area (Å²) in [6.45, 7) is 0. The minimum atomic E-state index is 0.672. The molecule has 2 nitrogen and oxygen atoms in total. The predicted molar refractivity (Wildman–Crippen MR) is 77.3 cm³/mol. The molecule has 0 amide bonds. The van der Waals surface area contributed by atoms with E-state index in [1.165, 1.54) is 29.7 Å². The lowest BCUT2D eigenvalue weighted by atomic mass is 10.1. The van der Waals surface area contributed by atoms with Crippen molar-refractivity contribution in [3.63, 3.8) is 0 Å². The van der Waals surface area contributed by atoms with Crippen LogP contribution < -0.4 is 0 Å². The quantitative estimate of drug-likeness (QED) is 0.686. The van der Waals surface area contributed by atoms with Gasteiger partial charge in [-0.3, -0.25) is 0 Å². The van der Waals surface area contributed by atoms with E-state index in [1.807, 2.05) is 0 Å². The van der Waals surface area contributed by atoms with Gasteiger partial charge in [-0.15, -0.1) is 0 Å². The van der Waals surface area contributed by atoms with Crippen molar-refractivity contribution in [2.24, 2.45) is 0 Å². The Labute approximate surface area is 112 Å². The van der Waals surface area contributed by atoms with Crippen LogP contribution in [0.15, 0.2) is 54.6 Å². The largest absolute Gasteiger partial charge is 0.325 e. The average Bonchev–Trinajstić information content (AvgIpc) is 3.21. The van der Waals surface area contributed by atoms with Crippen LogP contribution in [0.2, 0.25) is 0 Å². The number of rotatable bonds is 3. The summed E-state index contributed by atoms with van der Waals surface area (Å²) < 4.78 is 2.45. The second kappa shape index (κ2) is 4.23. The van der Waals surface area contributed by atoms with Gasteiger partial charge in [0.25, 0.3) is 0 Å². The third kappa shape index (κ3) is 1.93. The maximum atomic E-state index is 4.83. The summed E-state index contributed by atoms with van der Waals surface area (Å²) in [7, 11) is 0. The van der Waals surface area contributed by atoms with E-state index in [9.17, 15) is 0 Å². The van der Waals surface area contributed by atoms with Crippen LogP contribution in [0.25, 0.3) is 11.0 Å². The molecule has 4 rings (SSSR count). The molecule has 1 saturated carbocycles. The Morgan fingerprint density at radius 2 is 1.68 bits per heavy atom. The Morgan fingerprint density at radius 3 is 2.47 bits per heavy atom. The van der Waals surface area contributed by atoms with Crippen LogP contribution in [0, 0.1) is 0 Å². The Kier molecular flexibility index (Phi) is 2.41. The summed E-state index contributed by atoms with van der Waals surface area (Å²) in [6.07, 6.45) is 3.51. The van der Waals surface area contributed by atoms with Crippen molar-refractivity contribution in [1.29, 1.82) is 0 Å². The van der Waals surface area contributed by atoms with Crippen LogP contribution >= 0.6 is 0 Å². The van der Waals surface area contributed by atoms with Crippen molar-refractivity contribution < 1.29 is 0 Å². The molecular weight excluding hydrogens is 232 g/mol. The van der Waals surface area contributed by atoms with Crippen LogP contribution in [-0.2, 0) is 6.42 Å². The van der Waals surface area contributed by atoms with Gasteiger partial charge in [-0.1, -0.05) is 42.5 Å². The number of fused-ring (bicyclic) bond motifs is 1. The molecule has 1 aromatic heterocycles. The molecule has 0 atom stereocenters. The van der Waals surface area contributed by atoms with Crippen LogP contribution in [0.5, 0.6) is 0 Å². The normalized spacial score (nSPS) is 14.9. The van der Waals surface area contributed by atoms with E-state index in [0.29, 0.717) is 6.04 Å². The minimum absolute atomic E-state index is 0.672. The zero-order valence-corrected chi connectivity index (χ0v) is 10.8. The molecule has 2 heteroatoms. The highest BCUT2D eigenvalue weighted by Gasteiger charge is 2.27. The Balaban J connectivity index is 1.82. The summed E-state index contributed by atoms with van der Waals surface area (Å²) in [5.41, 5.74) is 3.75. The first-order valence-corrected chi connectivity index (χ1v) is 6.91. The average molecular weight is 248 g/mol. The van der Waals surface area contributed by atoms with Gasteiger partial charge in [-0.05, 0) is 30.5 Å². The van der Waals surface area contributed by atoms with Gasteiger partial charge in [0.05, 0.1) is 11.0 Å². The number of hydrogen-bond donors (Lipinski definition) is 0. The van der Waals surface area contributed by atoms with Crippen molar-refractivity contribution >= 4 is 11.0 Å². The van der Waals surface area contributed by atoms with Gasteiger partial charge in [0.1, 0.15) is 5.82 Å². The molecule has 0 aliphatic heterocycles. The fourth-order valence-electron chi connectivity index (χ4n) is 2.74. The molecule has 0 saturated heterocycles. The molecule has 0 N–H and O–H groups in total. The van der Waals surface area contributed by atoms with Crippen molar-refractivity contribution in [3.05, 3.63) is 66.0 Å². The summed E-state index contributed by atoms with van der Waals surface area (Å²) in [4.78, 5) is 4.83. The number of para-hydroxylation sites is 2. The lowest BCUT2D eigenvalue weighted by Crippen LogP contribution is -2.02. The monoisotopic (exact) mass is 248 g/mol. The first-order chi connectivity index (χ1) is 9.42. The van der Waals surface area contributed by atoms with Gasteiger partial charge in [0.15, 0.2) is 0 Å². The fraction of sp³-hybridized carbons (Fsp3) is 0.235. The Hall–Kier alpha value is -2.09. The zero-order chi connectivity index (χ0) is 12.7. The van der Waals surface area contributed by atoms with Crippen LogP contribution in [0.4, 0.5) is 0 Å². The third-order valence-corrected chi connectivity index (χ3v) is 3.79. The Morgan fingerprint density at radius 1 is 0.947 bits per heavy atom. The lowest BCUT2D eigenvalue weighted by molar-refractivity contribution is 0.715. The van der Waals surface area contributed by atoms with E-state index in [-0.39, 0.29) is 0 Å². The van der Waals surface area contributed by atoms with Crippen LogP contribution in [0.3, 0.4) is 0 Å². The van der Waals surface area contributed by atoms with E-state index in [4.69, 9.17) is 4.98 Å². The molecule has 0 radical (unpaired) electrons. The molecule has 0 unspecified atom stereocenters. The van der Waals surface area contributed by atoms with Gasteiger partial charge in [0, 0.05) is 12.5 Å². The van der Waals surface area contributed by atoms with Gasteiger partial charge in [-0.2, -0.15) is 0 Å². The third-order valence-electron chi connectivity index (χ3n) is 3.79. The van der Waals surface area contributed by atoms with Gasteiger partial charge in [0.2, 0.25) is 0 Å². The van der Waals surface area contributed by atoms with Crippen molar-refractivity contribution in [2.75, 3.05) is 0 Å². The molecule has 1 fully saturated rings. The molecule has 94 valence electrons. The molecule has 1 heterocycles. The number of nitrogens with zero attached hydrogens (tertiary/aromatic N) is 2. The SMILES string of the molecule is c1ccc(Cc2nc3ccccc3n2C2CC2)cc1. The van der Waals surface area contributed by atoms with E-state index in [1.54, 1.807) is 0 Å². The molecule has 2 aromatic carbocycles. The van der Waals surface area contributed by atoms with Crippen LogP contribution in [-0.4, -0.2) is 9.55 Å². The highest BCUT2D eigenvalue weighted by Crippen LogP contribution is 2.39. The topological polar surface area (TPSA) is 17.8 Å². The fourth-order valence-corrected chi connectivity index (χ4v) is 2.74. The zero-order valence-electron chi connectivity index (χ0n) is 10.8. The highest BCUT2D eigenvalue weighted by molar-refractivity contribution is 5.76. The maximum Gasteiger partial charge on any atom is 0.114 e. The molecule has 3 aromatic rings. The van der Waals surface area contributed by atoms with Crippen LogP contribution in [0.1, 0.15) is 30.3 Å². The second-order valence-corrected chi connectivity index (χ2v) is 5.28. The second-order valence-electron chi connectivity index (χ2n) is 5.28. The molecular formula is C17H16N2. The van der Waals surface area contributed by atoms with E-state index >= 15 is 0 Å². The number of benzene rings is 2. The first-order valence-electron chi connectivity index (χ1n) is 6.91. The van der Waals surface area contributed by atoms with Gasteiger partial charge in [-0.25, -0.2) is 4.98 Å².